The van der Waals surface area contributed by atoms with Gasteiger partial charge < -0.3 is 14.2 Å². The molecule has 0 radical (unpaired) electrons. The van der Waals surface area contributed by atoms with Crippen LogP contribution in [-0.4, -0.2) is 37.2 Å². The predicted octanol–water partition coefficient (Wildman–Crippen LogP) is 15.6. The Kier molecular flexibility index (Phi) is 40.4. The number of carbonyl (C=O) groups is 3. The zero-order valence-electron chi connectivity index (χ0n) is 38.4. The zero-order chi connectivity index (χ0) is 41.3. The first-order chi connectivity index (χ1) is 27.2. The Labute approximate surface area is 348 Å². The molecule has 0 amide bonds. The van der Waals surface area contributed by atoms with Crippen LogP contribution in [0.15, 0.2) is 0 Å². The van der Waals surface area contributed by atoms with Crippen molar-refractivity contribution in [3.63, 3.8) is 0 Å². The molecule has 0 fully saturated rings. The van der Waals surface area contributed by atoms with Crippen molar-refractivity contribution in [2.75, 3.05) is 13.2 Å². The standard InChI is InChI=1S/C50H96O6/c1-7-45(5)37-31-25-19-14-16-22-28-34-40-49(52)55-43-47(56-50(53)41-35-29-23-17-15-20-26-32-38-46(6)8-2)42-54-48(51)39-33-27-21-13-11-9-10-12-18-24-30-36-44(3)4/h44-47H,7-43H2,1-6H3/t45?,46?,47-/m0/s1. The molecule has 0 heterocycles. The van der Waals surface area contributed by atoms with Gasteiger partial charge >= 0.3 is 17.9 Å². The molecule has 0 aromatic rings. The van der Waals surface area contributed by atoms with E-state index in [1.165, 1.54) is 148 Å². The minimum atomic E-state index is -0.763. The maximum absolute atomic E-state index is 12.7. The van der Waals surface area contributed by atoms with Crippen molar-refractivity contribution in [2.45, 2.75) is 272 Å². The second kappa shape index (κ2) is 41.6. The summed E-state index contributed by atoms with van der Waals surface area (Å²) in [5.74, 6) is 1.66. The highest BCUT2D eigenvalue weighted by Crippen LogP contribution is 2.18. The highest BCUT2D eigenvalue weighted by Gasteiger charge is 2.19. The van der Waals surface area contributed by atoms with Gasteiger partial charge in [0.05, 0.1) is 0 Å². The molecule has 0 aliphatic heterocycles. The van der Waals surface area contributed by atoms with E-state index in [4.69, 9.17) is 14.2 Å². The Bertz CT molecular complexity index is 872. The number of esters is 3. The van der Waals surface area contributed by atoms with E-state index in [1.807, 2.05) is 0 Å². The fourth-order valence-corrected chi connectivity index (χ4v) is 7.34. The van der Waals surface area contributed by atoms with E-state index in [0.717, 1.165) is 75.5 Å². The quantitative estimate of drug-likeness (QED) is 0.0348. The number of ether oxygens (including phenoxy) is 3. The first kappa shape index (κ1) is 54.4. The van der Waals surface area contributed by atoms with Gasteiger partial charge in [0.25, 0.3) is 0 Å². The highest BCUT2D eigenvalue weighted by molar-refractivity contribution is 5.71. The van der Waals surface area contributed by atoms with Gasteiger partial charge in [0.1, 0.15) is 13.2 Å². The SMILES string of the molecule is CCC(C)CCCCCCCCCCC(=O)OC[C@H](COC(=O)CCCCCCCCCCCCCC(C)C)OC(=O)CCCCCCCCCCC(C)CC. The first-order valence-electron chi connectivity index (χ1n) is 24.7. The minimum Gasteiger partial charge on any atom is -0.462 e. The summed E-state index contributed by atoms with van der Waals surface area (Å²) in [6, 6.07) is 0. The summed E-state index contributed by atoms with van der Waals surface area (Å²) < 4.78 is 16.8. The number of hydrogen-bond donors (Lipinski definition) is 0. The molecule has 0 aliphatic carbocycles. The van der Waals surface area contributed by atoms with Gasteiger partial charge in [-0.05, 0) is 37.0 Å². The molecule has 0 saturated carbocycles. The van der Waals surface area contributed by atoms with Crippen molar-refractivity contribution in [3.05, 3.63) is 0 Å². The fraction of sp³-hybridized carbons (Fsp3) is 0.940. The maximum Gasteiger partial charge on any atom is 0.306 e. The Balaban J connectivity index is 4.35. The molecule has 2 unspecified atom stereocenters. The zero-order valence-corrected chi connectivity index (χ0v) is 38.4. The third kappa shape index (κ3) is 40.6. The summed E-state index contributed by atoms with van der Waals surface area (Å²) in [6.45, 7) is 13.7. The summed E-state index contributed by atoms with van der Waals surface area (Å²) in [5.41, 5.74) is 0. The Morgan fingerprint density at radius 1 is 0.357 bits per heavy atom. The summed E-state index contributed by atoms with van der Waals surface area (Å²) in [5, 5.41) is 0. The molecule has 3 atom stereocenters. The summed E-state index contributed by atoms with van der Waals surface area (Å²) in [4.78, 5) is 37.9. The van der Waals surface area contributed by atoms with Gasteiger partial charge in [0, 0.05) is 19.3 Å². The number of unbranched alkanes of at least 4 members (excludes halogenated alkanes) is 24. The largest absolute Gasteiger partial charge is 0.462 e. The number of carbonyl (C=O) groups excluding carboxylic acids is 3. The molecule has 0 saturated heterocycles. The molecule has 6 heteroatoms. The van der Waals surface area contributed by atoms with Crippen LogP contribution in [0, 0.1) is 17.8 Å². The highest BCUT2D eigenvalue weighted by atomic mass is 16.6. The van der Waals surface area contributed by atoms with Crippen molar-refractivity contribution >= 4 is 17.9 Å². The lowest BCUT2D eigenvalue weighted by Gasteiger charge is -2.18. The van der Waals surface area contributed by atoms with Gasteiger partial charge in [-0.2, -0.15) is 0 Å². The number of rotatable bonds is 43. The van der Waals surface area contributed by atoms with Crippen LogP contribution in [0.2, 0.25) is 0 Å². The second-order valence-electron chi connectivity index (χ2n) is 18.1. The minimum absolute atomic E-state index is 0.0658. The topological polar surface area (TPSA) is 78.9 Å². The molecule has 56 heavy (non-hydrogen) atoms. The second-order valence-corrected chi connectivity index (χ2v) is 18.1. The van der Waals surface area contributed by atoms with Crippen molar-refractivity contribution in [3.8, 4) is 0 Å². The van der Waals surface area contributed by atoms with Gasteiger partial charge in [0.2, 0.25) is 0 Å². The third-order valence-electron chi connectivity index (χ3n) is 11.9. The lowest BCUT2D eigenvalue weighted by atomic mass is 9.99. The molecular weight excluding hydrogens is 697 g/mol. The molecular formula is C50H96O6. The average molecular weight is 793 g/mol. The van der Waals surface area contributed by atoms with E-state index < -0.39 is 6.10 Å². The smallest absolute Gasteiger partial charge is 0.306 e. The lowest BCUT2D eigenvalue weighted by Crippen LogP contribution is -2.30. The molecule has 0 aliphatic rings. The van der Waals surface area contributed by atoms with Crippen LogP contribution in [0.3, 0.4) is 0 Å². The van der Waals surface area contributed by atoms with Crippen LogP contribution in [-0.2, 0) is 28.6 Å². The van der Waals surface area contributed by atoms with Gasteiger partial charge in [-0.1, -0.05) is 228 Å². The summed E-state index contributed by atoms with van der Waals surface area (Å²) >= 11 is 0. The van der Waals surface area contributed by atoms with Gasteiger partial charge in [-0.15, -0.1) is 0 Å². The van der Waals surface area contributed by atoms with E-state index in [1.54, 1.807) is 0 Å². The lowest BCUT2D eigenvalue weighted by molar-refractivity contribution is -0.167. The molecule has 332 valence electrons. The van der Waals surface area contributed by atoms with Crippen molar-refractivity contribution in [2.24, 2.45) is 17.8 Å². The monoisotopic (exact) mass is 793 g/mol. The van der Waals surface area contributed by atoms with E-state index >= 15 is 0 Å². The average Bonchev–Trinajstić information content (AvgIpc) is 3.18. The van der Waals surface area contributed by atoms with E-state index in [9.17, 15) is 14.4 Å². The molecule has 0 bridgehead atoms. The van der Waals surface area contributed by atoms with E-state index in [-0.39, 0.29) is 31.1 Å². The van der Waals surface area contributed by atoms with Crippen LogP contribution in [0.1, 0.15) is 266 Å². The van der Waals surface area contributed by atoms with Gasteiger partial charge in [0.15, 0.2) is 6.10 Å². The fourth-order valence-electron chi connectivity index (χ4n) is 7.34. The summed E-state index contributed by atoms with van der Waals surface area (Å²) in [6.07, 6.45) is 39.3. The number of hydrogen-bond acceptors (Lipinski definition) is 6. The Morgan fingerprint density at radius 3 is 0.929 bits per heavy atom. The molecule has 0 aromatic carbocycles. The Hall–Kier alpha value is -1.59. The normalized spacial score (nSPS) is 13.1. The van der Waals surface area contributed by atoms with Crippen molar-refractivity contribution < 1.29 is 28.6 Å². The van der Waals surface area contributed by atoms with Crippen LogP contribution in [0.5, 0.6) is 0 Å². The van der Waals surface area contributed by atoms with E-state index in [0.29, 0.717) is 19.3 Å². The van der Waals surface area contributed by atoms with Crippen molar-refractivity contribution in [1.29, 1.82) is 0 Å². The molecule has 0 rings (SSSR count). The summed E-state index contributed by atoms with van der Waals surface area (Å²) in [7, 11) is 0. The molecule has 6 nitrogen and oxygen atoms in total. The first-order valence-corrected chi connectivity index (χ1v) is 24.7. The van der Waals surface area contributed by atoms with E-state index in [2.05, 4.69) is 41.5 Å². The van der Waals surface area contributed by atoms with Gasteiger partial charge in [-0.25, -0.2) is 0 Å². The predicted molar refractivity (Wildman–Crippen MR) is 238 cm³/mol. The molecule has 0 aromatic heterocycles. The van der Waals surface area contributed by atoms with Crippen LogP contribution < -0.4 is 0 Å². The van der Waals surface area contributed by atoms with Crippen LogP contribution in [0.25, 0.3) is 0 Å². The maximum atomic E-state index is 12.7. The van der Waals surface area contributed by atoms with Crippen molar-refractivity contribution in [1.82, 2.24) is 0 Å². The van der Waals surface area contributed by atoms with Crippen LogP contribution in [0.4, 0.5) is 0 Å². The van der Waals surface area contributed by atoms with Gasteiger partial charge in [-0.3, -0.25) is 14.4 Å². The molecule has 0 N–H and O–H groups in total. The van der Waals surface area contributed by atoms with Crippen LogP contribution >= 0.6 is 0 Å². The third-order valence-corrected chi connectivity index (χ3v) is 11.9. The molecule has 0 spiro atoms. The Morgan fingerprint density at radius 2 is 0.625 bits per heavy atom.